The lowest BCUT2D eigenvalue weighted by Gasteiger charge is -2.49. The standard InChI is InChI=1S/C31H60O8/c1-7-11-23-32-36-30(37-33-24-12-8-2)19-15-27(16-20-30)29(5,6)28-17-21-31(22-18-28,38-34-25-13-9-3)39-35-26-14-10-4/h27-28H,7-26H2,1-6H3. The highest BCUT2D eigenvalue weighted by molar-refractivity contribution is 4.93. The van der Waals surface area contributed by atoms with Crippen molar-refractivity contribution in [1.29, 1.82) is 0 Å². The van der Waals surface area contributed by atoms with E-state index in [-0.39, 0.29) is 5.41 Å². The van der Waals surface area contributed by atoms with Gasteiger partial charge in [0, 0.05) is 25.7 Å². The summed E-state index contributed by atoms with van der Waals surface area (Å²) in [7, 11) is 0. The van der Waals surface area contributed by atoms with E-state index in [4.69, 9.17) is 39.1 Å². The summed E-state index contributed by atoms with van der Waals surface area (Å²) in [5.41, 5.74) is 0.163. The molecule has 0 radical (unpaired) electrons. The van der Waals surface area contributed by atoms with Crippen LogP contribution in [0.4, 0.5) is 0 Å². The molecule has 0 spiro atoms. The molecular formula is C31H60O8. The lowest BCUT2D eigenvalue weighted by Crippen LogP contribution is -2.47. The molecule has 2 aliphatic carbocycles. The molecule has 8 heteroatoms. The van der Waals surface area contributed by atoms with Gasteiger partial charge in [-0.05, 0) is 68.6 Å². The molecular weight excluding hydrogens is 500 g/mol. The van der Waals surface area contributed by atoms with Crippen LogP contribution in [0.1, 0.15) is 144 Å². The van der Waals surface area contributed by atoms with Gasteiger partial charge in [0.05, 0.1) is 26.4 Å². The van der Waals surface area contributed by atoms with Crippen molar-refractivity contribution in [1.82, 2.24) is 0 Å². The van der Waals surface area contributed by atoms with E-state index in [9.17, 15) is 0 Å². The first-order valence-corrected chi connectivity index (χ1v) is 16.1. The predicted octanol–water partition coefficient (Wildman–Crippen LogP) is 8.78. The molecule has 0 N–H and O–H groups in total. The van der Waals surface area contributed by atoms with Gasteiger partial charge in [-0.2, -0.15) is 19.6 Å². The van der Waals surface area contributed by atoms with Crippen LogP contribution in [0.5, 0.6) is 0 Å². The van der Waals surface area contributed by atoms with Gasteiger partial charge in [0.2, 0.25) is 11.6 Å². The van der Waals surface area contributed by atoms with Crippen molar-refractivity contribution in [3.8, 4) is 0 Å². The van der Waals surface area contributed by atoms with Crippen molar-refractivity contribution >= 4 is 0 Å². The number of unbranched alkanes of at least 4 members (excludes halogenated alkanes) is 4. The zero-order chi connectivity index (χ0) is 28.5. The Bertz CT molecular complexity index is 519. The van der Waals surface area contributed by atoms with Crippen LogP contribution in [-0.4, -0.2) is 38.0 Å². The van der Waals surface area contributed by atoms with Gasteiger partial charge in [0.1, 0.15) is 0 Å². The maximum Gasteiger partial charge on any atom is 0.234 e. The third-order valence-corrected chi connectivity index (χ3v) is 8.77. The van der Waals surface area contributed by atoms with Crippen LogP contribution in [0.3, 0.4) is 0 Å². The second-order valence-corrected chi connectivity index (χ2v) is 12.2. The zero-order valence-electron chi connectivity index (χ0n) is 26.1. The maximum absolute atomic E-state index is 5.89. The normalized spacial score (nSPS) is 20.5. The van der Waals surface area contributed by atoms with Crippen molar-refractivity contribution in [2.24, 2.45) is 17.3 Å². The fourth-order valence-electron chi connectivity index (χ4n) is 5.71. The zero-order valence-corrected chi connectivity index (χ0v) is 26.1. The van der Waals surface area contributed by atoms with Crippen LogP contribution in [-0.2, 0) is 39.1 Å². The second-order valence-electron chi connectivity index (χ2n) is 12.2. The monoisotopic (exact) mass is 560 g/mol. The number of rotatable bonds is 22. The Morgan fingerprint density at radius 2 is 0.744 bits per heavy atom. The Hall–Kier alpha value is -0.320. The van der Waals surface area contributed by atoms with Crippen molar-refractivity contribution in [2.75, 3.05) is 26.4 Å². The quantitative estimate of drug-likeness (QED) is 0.0563. The van der Waals surface area contributed by atoms with Gasteiger partial charge in [-0.15, -0.1) is 0 Å². The van der Waals surface area contributed by atoms with Gasteiger partial charge < -0.3 is 0 Å². The summed E-state index contributed by atoms with van der Waals surface area (Å²) in [6.45, 7) is 15.7. The molecule has 0 aromatic rings. The molecule has 0 aromatic carbocycles. The van der Waals surface area contributed by atoms with Gasteiger partial charge in [-0.3, -0.25) is 0 Å². The predicted molar refractivity (Wildman–Crippen MR) is 151 cm³/mol. The topological polar surface area (TPSA) is 73.8 Å². The molecule has 8 nitrogen and oxygen atoms in total. The first kappa shape index (κ1) is 34.9. The van der Waals surface area contributed by atoms with E-state index in [1.54, 1.807) is 0 Å². The van der Waals surface area contributed by atoms with Gasteiger partial charge in [-0.25, -0.2) is 19.6 Å². The van der Waals surface area contributed by atoms with E-state index in [0.29, 0.717) is 38.3 Å². The molecule has 0 heterocycles. The highest BCUT2D eigenvalue weighted by atomic mass is 17.3. The van der Waals surface area contributed by atoms with Crippen molar-refractivity contribution < 1.29 is 39.1 Å². The van der Waals surface area contributed by atoms with Crippen LogP contribution in [0, 0.1) is 17.3 Å². The van der Waals surface area contributed by atoms with E-state index in [0.717, 1.165) is 103 Å². The fraction of sp³-hybridized carbons (Fsp3) is 1.00. The molecule has 2 fully saturated rings. The largest absolute Gasteiger partial charge is 0.234 e. The third kappa shape index (κ3) is 11.8. The van der Waals surface area contributed by atoms with E-state index in [2.05, 4.69) is 41.5 Å². The SMILES string of the molecule is CCCCOOC1(OOCCCC)CCC(C(C)(C)C2CCC(OOCCCC)(OOCCCC)CC2)CC1. The summed E-state index contributed by atoms with van der Waals surface area (Å²) in [6.07, 6.45) is 15.2. The van der Waals surface area contributed by atoms with Gasteiger partial charge in [0.15, 0.2) is 0 Å². The molecule has 0 aromatic heterocycles. The van der Waals surface area contributed by atoms with Gasteiger partial charge in [-0.1, -0.05) is 67.2 Å². The Balaban J connectivity index is 1.93. The van der Waals surface area contributed by atoms with Crippen molar-refractivity contribution in [3.05, 3.63) is 0 Å². The lowest BCUT2D eigenvalue weighted by molar-refractivity contribution is -0.519. The summed E-state index contributed by atoms with van der Waals surface area (Å²) < 4.78 is 0. The van der Waals surface area contributed by atoms with Crippen LogP contribution >= 0.6 is 0 Å². The molecule has 2 saturated carbocycles. The van der Waals surface area contributed by atoms with Crippen LogP contribution < -0.4 is 0 Å². The summed E-state index contributed by atoms with van der Waals surface area (Å²) in [5.74, 6) is -0.512. The maximum atomic E-state index is 5.89. The van der Waals surface area contributed by atoms with Crippen LogP contribution in [0.25, 0.3) is 0 Å². The van der Waals surface area contributed by atoms with E-state index in [1.807, 2.05) is 0 Å². The van der Waals surface area contributed by atoms with E-state index >= 15 is 0 Å². The second kappa shape index (κ2) is 19.0. The molecule has 0 atom stereocenters. The molecule has 39 heavy (non-hydrogen) atoms. The summed E-state index contributed by atoms with van der Waals surface area (Å²) >= 11 is 0. The Labute approximate surface area is 238 Å². The average Bonchev–Trinajstić information content (AvgIpc) is 2.95. The van der Waals surface area contributed by atoms with E-state index in [1.165, 1.54) is 0 Å². The van der Waals surface area contributed by atoms with Crippen LogP contribution in [0.2, 0.25) is 0 Å². The number of hydrogen-bond acceptors (Lipinski definition) is 8. The molecule has 0 saturated heterocycles. The van der Waals surface area contributed by atoms with E-state index < -0.39 is 11.6 Å². The highest BCUT2D eigenvalue weighted by Crippen LogP contribution is 2.52. The first-order chi connectivity index (χ1) is 18.9. The Morgan fingerprint density at radius 1 is 0.487 bits per heavy atom. The summed E-state index contributed by atoms with van der Waals surface area (Å²) in [5, 5.41) is 0. The molecule has 0 unspecified atom stereocenters. The minimum absolute atomic E-state index is 0.163. The highest BCUT2D eigenvalue weighted by Gasteiger charge is 2.49. The van der Waals surface area contributed by atoms with Crippen molar-refractivity contribution in [3.63, 3.8) is 0 Å². The Kier molecular flexibility index (Phi) is 17.0. The average molecular weight is 561 g/mol. The fourth-order valence-corrected chi connectivity index (χ4v) is 5.71. The first-order valence-electron chi connectivity index (χ1n) is 16.1. The smallest absolute Gasteiger partial charge is 0.234 e. The van der Waals surface area contributed by atoms with Gasteiger partial charge >= 0.3 is 0 Å². The van der Waals surface area contributed by atoms with Gasteiger partial charge in [0.25, 0.3) is 0 Å². The molecule has 0 aliphatic heterocycles. The molecule has 232 valence electrons. The van der Waals surface area contributed by atoms with Crippen molar-refractivity contribution in [2.45, 2.75) is 156 Å². The van der Waals surface area contributed by atoms with Crippen LogP contribution in [0.15, 0.2) is 0 Å². The Morgan fingerprint density at radius 3 is 0.974 bits per heavy atom. The molecule has 0 bridgehead atoms. The molecule has 2 aliphatic rings. The minimum atomic E-state index is -0.816. The molecule has 0 amide bonds. The third-order valence-electron chi connectivity index (χ3n) is 8.77. The lowest BCUT2D eigenvalue weighted by atomic mass is 9.60. The molecule has 2 rings (SSSR count). The minimum Gasteiger partial charge on any atom is -0.234 e. The number of hydrogen-bond donors (Lipinski definition) is 0. The summed E-state index contributed by atoms with van der Waals surface area (Å²) in [4.78, 5) is 45.8. The summed E-state index contributed by atoms with van der Waals surface area (Å²) in [6, 6.07) is 0.